The molecule has 2 aromatic carbocycles. The van der Waals surface area contributed by atoms with Crippen molar-refractivity contribution in [2.24, 2.45) is 0 Å². The molecule has 28 heavy (non-hydrogen) atoms. The monoisotopic (exact) mass is 379 g/mol. The minimum absolute atomic E-state index is 0.0676. The van der Waals surface area contributed by atoms with Crippen molar-refractivity contribution in [2.75, 3.05) is 6.54 Å². The summed E-state index contributed by atoms with van der Waals surface area (Å²) >= 11 is 0. The molecule has 5 nitrogen and oxygen atoms in total. The number of carbonyl (C=O) groups excluding carboxylic acids is 1. The number of benzene rings is 2. The minimum atomic E-state index is -0.332. The Morgan fingerprint density at radius 3 is 2.29 bits per heavy atom. The fourth-order valence-electron chi connectivity index (χ4n) is 2.62. The number of rotatable bonds is 8. The highest BCUT2D eigenvalue weighted by Crippen LogP contribution is 2.22. The van der Waals surface area contributed by atoms with Crippen molar-refractivity contribution in [3.05, 3.63) is 72.3 Å². The number of carbonyl (C=O) groups is 1. The predicted octanol–water partition coefficient (Wildman–Crippen LogP) is 5.00. The van der Waals surface area contributed by atoms with E-state index in [9.17, 15) is 9.18 Å². The summed E-state index contributed by atoms with van der Waals surface area (Å²) in [5.74, 6) is 0.0621. The highest BCUT2D eigenvalue weighted by molar-refractivity contribution is 5.94. The third kappa shape index (κ3) is 5.36. The molecule has 0 bridgehead atoms. The molecule has 0 unspecified atom stereocenters. The number of nitrogens with one attached hydrogen (secondary N) is 1. The number of hydrogen-bond donors (Lipinski definition) is 1. The first kappa shape index (κ1) is 19.5. The largest absolute Gasteiger partial charge is 0.424 e. The molecule has 0 aliphatic heterocycles. The van der Waals surface area contributed by atoms with Crippen molar-refractivity contribution in [1.82, 2.24) is 15.3 Å². The van der Waals surface area contributed by atoms with Crippen molar-refractivity contribution < 1.29 is 13.9 Å². The van der Waals surface area contributed by atoms with Crippen molar-refractivity contribution in [2.45, 2.75) is 26.2 Å². The second-order valence-electron chi connectivity index (χ2n) is 6.35. The number of unbranched alkanes of at least 4 members (excludes halogenated alkanes) is 2. The summed E-state index contributed by atoms with van der Waals surface area (Å²) in [6.45, 7) is 2.82. The van der Waals surface area contributed by atoms with Crippen LogP contribution in [0.25, 0.3) is 11.1 Å². The van der Waals surface area contributed by atoms with Gasteiger partial charge >= 0.3 is 6.01 Å². The topological polar surface area (TPSA) is 64.1 Å². The maximum absolute atomic E-state index is 12.9. The van der Waals surface area contributed by atoms with Crippen LogP contribution in [0.2, 0.25) is 0 Å². The summed E-state index contributed by atoms with van der Waals surface area (Å²) in [4.78, 5) is 20.5. The quantitative estimate of drug-likeness (QED) is 0.560. The van der Waals surface area contributed by atoms with Gasteiger partial charge in [-0.15, -0.1) is 0 Å². The average molecular weight is 379 g/mol. The SMILES string of the molecule is CCCCCNC(=O)c1ccc(-c2cnc(Oc3ccc(F)cc3)nc2)cc1. The van der Waals surface area contributed by atoms with E-state index in [1.54, 1.807) is 24.5 Å². The molecule has 1 amide bonds. The zero-order chi connectivity index (χ0) is 19.8. The Balaban J connectivity index is 1.60. The highest BCUT2D eigenvalue weighted by atomic mass is 19.1. The van der Waals surface area contributed by atoms with Gasteiger partial charge in [0.1, 0.15) is 11.6 Å². The van der Waals surface area contributed by atoms with Gasteiger partial charge in [0.15, 0.2) is 0 Å². The molecule has 1 aromatic heterocycles. The summed E-state index contributed by atoms with van der Waals surface area (Å²) < 4.78 is 18.4. The summed E-state index contributed by atoms with van der Waals surface area (Å²) in [5.41, 5.74) is 2.33. The molecule has 0 saturated carbocycles. The molecule has 0 radical (unpaired) electrons. The van der Waals surface area contributed by atoms with Crippen LogP contribution in [0.15, 0.2) is 60.9 Å². The molecule has 144 valence electrons. The molecule has 0 fully saturated rings. The van der Waals surface area contributed by atoms with Gasteiger partial charge in [-0.05, 0) is 48.4 Å². The molecule has 1 heterocycles. The van der Waals surface area contributed by atoms with E-state index in [1.807, 2.05) is 12.1 Å². The number of aromatic nitrogens is 2. The lowest BCUT2D eigenvalue weighted by Crippen LogP contribution is -2.24. The molecule has 0 aliphatic carbocycles. The summed E-state index contributed by atoms with van der Waals surface area (Å²) in [7, 11) is 0. The zero-order valence-corrected chi connectivity index (χ0v) is 15.7. The smallest absolute Gasteiger partial charge is 0.321 e. The molecule has 3 aromatic rings. The van der Waals surface area contributed by atoms with E-state index in [2.05, 4.69) is 22.2 Å². The lowest BCUT2D eigenvalue weighted by atomic mass is 10.1. The Morgan fingerprint density at radius 1 is 0.964 bits per heavy atom. The van der Waals surface area contributed by atoms with Crippen LogP contribution in [0.4, 0.5) is 4.39 Å². The van der Waals surface area contributed by atoms with Gasteiger partial charge in [0.05, 0.1) is 0 Å². The molecule has 6 heteroatoms. The predicted molar refractivity (Wildman–Crippen MR) is 106 cm³/mol. The van der Waals surface area contributed by atoms with Crippen LogP contribution in [-0.2, 0) is 0 Å². The van der Waals surface area contributed by atoms with Crippen LogP contribution in [0, 0.1) is 5.82 Å². The van der Waals surface area contributed by atoms with Crippen LogP contribution in [0.1, 0.15) is 36.5 Å². The highest BCUT2D eigenvalue weighted by Gasteiger charge is 2.07. The van der Waals surface area contributed by atoms with Crippen LogP contribution in [0.3, 0.4) is 0 Å². The number of ether oxygens (including phenoxy) is 1. The van der Waals surface area contributed by atoms with Gasteiger partial charge in [0.25, 0.3) is 5.91 Å². The van der Waals surface area contributed by atoms with Gasteiger partial charge in [-0.25, -0.2) is 14.4 Å². The second-order valence-corrected chi connectivity index (χ2v) is 6.35. The third-order valence-corrected chi connectivity index (χ3v) is 4.20. The van der Waals surface area contributed by atoms with Crippen LogP contribution >= 0.6 is 0 Å². The number of halogens is 1. The summed E-state index contributed by atoms with van der Waals surface area (Å²) in [5, 5.41) is 2.92. The summed E-state index contributed by atoms with van der Waals surface area (Å²) in [6, 6.07) is 13.1. The zero-order valence-electron chi connectivity index (χ0n) is 15.7. The Kier molecular flexibility index (Phi) is 6.68. The van der Waals surface area contributed by atoms with E-state index in [-0.39, 0.29) is 17.7 Å². The van der Waals surface area contributed by atoms with E-state index in [4.69, 9.17) is 4.74 Å². The number of nitrogens with zero attached hydrogens (tertiary/aromatic N) is 2. The Morgan fingerprint density at radius 2 is 1.64 bits per heavy atom. The van der Waals surface area contributed by atoms with Crippen LogP contribution in [-0.4, -0.2) is 22.4 Å². The minimum Gasteiger partial charge on any atom is -0.424 e. The Labute approximate surface area is 163 Å². The van der Waals surface area contributed by atoms with Crippen LogP contribution in [0.5, 0.6) is 11.8 Å². The maximum atomic E-state index is 12.9. The van der Waals surface area contributed by atoms with Gasteiger partial charge in [0, 0.05) is 30.1 Å². The van der Waals surface area contributed by atoms with Crippen molar-refractivity contribution in [3.8, 4) is 22.9 Å². The van der Waals surface area contributed by atoms with E-state index < -0.39 is 0 Å². The Bertz CT molecular complexity index is 895. The van der Waals surface area contributed by atoms with Gasteiger partial charge in [-0.1, -0.05) is 31.9 Å². The molecule has 0 atom stereocenters. The van der Waals surface area contributed by atoms with E-state index >= 15 is 0 Å². The molecule has 1 N–H and O–H groups in total. The fourth-order valence-corrected chi connectivity index (χ4v) is 2.62. The molecular formula is C22H22FN3O2. The standard InChI is InChI=1S/C22H22FN3O2/c1-2-3-4-13-24-21(27)17-7-5-16(6-8-17)18-14-25-22(26-15-18)28-20-11-9-19(23)10-12-20/h5-12,14-15H,2-4,13H2,1H3,(H,24,27). The molecule has 3 rings (SSSR count). The van der Waals surface area contributed by atoms with Crippen molar-refractivity contribution in [3.63, 3.8) is 0 Å². The molecule has 0 spiro atoms. The van der Waals surface area contributed by atoms with Crippen molar-refractivity contribution in [1.29, 1.82) is 0 Å². The fraction of sp³-hybridized carbons (Fsp3) is 0.227. The normalized spacial score (nSPS) is 10.5. The second kappa shape index (κ2) is 9.60. The van der Waals surface area contributed by atoms with Crippen molar-refractivity contribution >= 4 is 5.91 Å². The lowest BCUT2D eigenvalue weighted by Gasteiger charge is -2.07. The van der Waals surface area contributed by atoms with E-state index in [1.165, 1.54) is 24.3 Å². The number of hydrogen-bond acceptors (Lipinski definition) is 4. The first-order valence-electron chi connectivity index (χ1n) is 9.30. The van der Waals surface area contributed by atoms with Gasteiger partial charge < -0.3 is 10.1 Å². The maximum Gasteiger partial charge on any atom is 0.321 e. The van der Waals surface area contributed by atoms with Gasteiger partial charge in [0.2, 0.25) is 0 Å². The van der Waals surface area contributed by atoms with Crippen LogP contribution < -0.4 is 10.1 Å². The summed E-state index contributed by atoms with van der Waals surface area (Å²) in [6.07, 6.45) is 6.52. The number of amides is 1. The van der Waals surface area contributed by atoms with Gasteiger partial charge in [-0.2, -0.15) is 0 Å². The average Bonchev–Trinajstić information content (AvgIpc) is 2.73. The first-order valence-corrected chi connectivity index (χ1v) is 9.30. The van der Waals surface area contributed by atoms with E-state index in [0.717, 1.165) is 30.4 Å². The van der Waals surface area contributed by atoms with E-state index in [0.29, 0.717) is 17.9 Å². The molecule has 0 aliphatic rings. The first-order chi connectivity index (χ1) is 13.7. The lowest BCUT2D eigenvalue weighted by molar-refractivity contribution is 0.0953. The Hall–Kier alpha value is -3.28. The van der Waals surface area contributed by atoms with Gasteiger partial charge in [-0.3, -0.25) is 4.79 Å². The third-order valence-electron chi connectivity index (χ3n) is 4.20. The molecular weight excluding hydrogens is 357 g/mol. The molecule has 0 saturated heterocycles.